The summed E-state index contributed by atoms with van der Waals surface area (Å²) in [5.41, 5.74) is 2.41. The number of imidazole rings is 1. The van der Waals surface area contributed by atoms with Crippen LogP contribution in [0.4, 0.5) is 10.3 Å². The van der Waals surface area contributed by atoms with E-state index < -0.39 is 11.5 Å². The van der Waals surface area contributed by atoms with Gasteiger partial charge in [-0.15, -0.1) is 0 Å². The minimum absolute atomic E-state index is 0.184. The van der Waals surface area contributed by atoms with Gasteiger partial charge < -0.3 is 15.4 Å². The Hall–Kier alpha value is -3.00. The molecule has 0 unspecified atom stereocenters. The number of aromatic amines is 1. The van der Waals surface area contributed by atoms with Crippen LogP contribution in [0, 0.1) is 5.95 Å². The zero-order chi connectivity index (χ0) is 17.9. The average Bonchev–Trinajstić information content (AvgIpc) is 3.16. The molecule has 4 heterocycles. The Balaban J connectivity index is 1.48. The van der Waals surface area contributed by atoms with Gasteiger partial charge in [0.05, 0.1) is 11.8 Å². The molecule has 1 saturated carbocycles. The van der Waals surface area contributed by atoms with Gasteiger partial charge in [0.2, 0.25) is 11.9 Å². The quantitative estimate of drug-likeness (QED) is 0.527. The van der Waals surface area contributed by atoms with Crippen LogP contribution < -0.4 is 5.32 Å². The number of H-pyrrole nitrogens is 1. The molecular weight excluding hydrogens is 335 g/mol. The highest BCUT2D eigenvalue weighted by Gasteiger charge is 2.38. The van der Waals surface area contributed by atoms with Crippen LogP contribution in [-0.2, 0) is 0 Å². The van der Waals surface area contributed by atoms with E-state index in [1.807, 2.05) is 19.2 Å². The molecule has 0 aliphatic heterocycles. The highest BCUT2D eigenvalue weighted by Crippen LogP contribution is 2.34. The van der Waals surface area contributed by atoms with Crippen molar-refractivity contribution in [2.45, 2.75) is 31.4 Å². The molecule has 4 aromatic rings. The zero-order valence-electron chi connectivity index (χ0n) is 14.1. The SMILES string of the molecule is C[C@]1(O)C[C@H](Nc2ncc3c(-c4ccc5ncc(F)n5c4)c[nH]c3n2)C1. The predicted molar refractivity (Wildman–Crippen MR) is 95.3 cm³/mol. The fraction of sp³-hybridized carbons (Fsp3) is 0.278. The largest absolute Gasteiger partial charge is 0.390 e. The van der Waals surface area contributed by atoms with Crippen molar-refractivity contribution in [2.24, 2.45) is 0 Å². The molecule has 0 radical (unpaired) electrons. The monoisotopic (exact) mass is 352 g/mol. The minimum atomic E-state index is -0.595. The van der Waals surface area contributed by atoms with E-state index in [0.717, 1.165) is 16.5 Å². The van der Waals surface area contributed by atoms with Gasteiger partial charge >= 0.3 is 0 Å². The number of nitrogens with one attached hydrogen (secondary N) is 2. The minimum Gasteiger partial charge on any atom is -0.390 e. The first-order chi connectivity index (χ1) is 12.5. The van der Waals surface area contributed by atoms with Crippen molar-refractivity contribution in [3.05, 3.63) is 42.9 Å². The molecule has 8 heteroatoms. The molecule has 26 heavy (non-hydrogen) atoms. The number of aromatic nitrogens is 5. The molecule has 1 aliphatic carbocycles. The van der Waals surface area contributed by atoms with Crippen molar-refractivity contribution in [2.75, 3.05) is 5.32 Å². The number of hydrogen-bond acceptors (Lipinski definition) is 5. The Bertz CT molecular complexity index is 1120. The summed E-state index contributed by atoms with van der Waals surface area (Å²) in [6.45, 7) is 1.83. The lowest BCUT2D eigenvalue weighted by Crippen LogP contribution is -2.48. The normalized spacial score (nSPS) is 22.7. The first-order valence-corrected chi connectivity index (χ1v) is 8.45. The van der Waals surface area contributed by atoms with Crippen molar-refractivity contribution < 1.29 is 9.50 Å². The lowest BCUT2D eigenvalue weighted by molar-refractivity contribution is -0.0235. The highest BCUT2D eigenvalue weighted by atomic mass is 19.1. The third-order valence-corrected chi connectivity index (χ3v) is 4.91. The molecule has 4 aromatic heterocycles. The molecule has 1 fully saturated rings. The number of nitrogens with zero attached hydrogens (tertiary/aromatic N) is 4. The first-order valence-electron chi connectivity index (χ1n) is 8.45. The first kappa shape index (κ1) is 15.3. The number of fused-ring (bicyclic) bond motifs is 2. The van der Waals surface area contributed by atoms with E-state index in [0.29, 0.717) is 30.1 Å². The van der Waals surface area contributed by atoms with Crippen molar-refractivity contribution >= 4 is 22.6 Å². The number of hydrogen-bond donors (Lipinski definition) is 3. The smallest absolute Gasteiger partial charge is 0.224 e. The van der Waals surface area contributed by atoms with Crippen molar-refractivity contribution in [1.82, 2.24) is 24.3 Å². The number of rotatable bonds is 3. The fourth-order valence-corrected chi connectivity index (χ4v) is 3.61. The summed E-state index contributed by atoms with van der Waals surface area (Å²) in [6, 6.07) is 3.85. The van der Waals surface area contributed by atoms with Crippen LogP contribution in [0.1, 0.15) is 19.8 Å². The Morgan fingerprint density at radius 3 is 2.96 bits per heavy atom. The van der Waals surface area contributed by atoms with E-state index in [-0.39, 0.29) is 6.04 Å². The molecule has 7 nitrogen and oxygen atoms in total. The van der Waals surface area contributed by atoms with Gasteiger partial charge in [-0.25, -0.2) is 9.97 Å². The Morgan fingerprint density at radius 1 is 1.31 bits per heavy atom. The molecule has 3 N–H and O–H groups in total. The van der Waals surface area contributed by atoms with Crippen molar-refractivity contribution in [3.8, 4) is 11.1 Å². The topological polar surface area (TPSA) is 91.1 Å². The number of halogens is 1. The summed E-state index contributed by atoms with van der Waals surface area (Å²) < 4.78 is 15.2. The van der Waals surface area contributed by atoms with E-state index in [1.165, 1.54) is 10.6 Å². The third-order valence-electron chi connectivity index (χ3n) is 4.91. The number of pyridine rings is 1. The van der Waals surface area contributed by atoms with Crippen molar-refractivity contribution in [3.63, 3.8) is 0 Å². The van der Waals surface area contributed by atoms with Crippen LogP contribution in [0.3, 0.4) is 0 Å². The van der Waals surface area contributed by atoms with Gasteiger partial charge in [0.25, 0.3) is 0 Å². The second-order valence-corrected chi connectivity index (χ2v) is 7.13. The molecule has 0 aromatic carbocycles. The molecule has 0 saturated heterocycles. The molecule has 0 atom stereocenters. The molecule has 0 amide bonds. The predicted octanol–water partition coefficient (Wildman–Crippen LogP) is 2.74. The summed E-state index contributed by atoms with van der Waals surface area (Å²) in [6.07, 6.45) is 7.87. The van der Waals surface area contributed by atoms with Gasteiger partial charge in [-0.1, -0.05) is 0 Å². The number of aliphatic hydroxyl groups is 1. The summed E-state index contributed by atoms with van der Waals surface area (Å²) in [5.74, 6) is 0.128. The molecule has 1 aliphatic rings. The standard InChI is InChI=1S/C18H17FN6O/c1-18(26)4-11(5-18)23-17-22-7-13-12(6-21-16(13)24-17)10-2-3-15-20-8-14(19)25(15)9-10/h2-3,6-9,11,26H,4-5H2,1H3,(H2,21,22,23,24)/t11-,18-. The number of anilines is 1. The van der Waals surface area contributed by atoms with Gasteiger partial charge in [0.15, 0.2) is 0 Å². The lowest BCUT2D eigenvalue weighted by Gasteiger charge is -2.41. The average molecular weight is 352 g/mol. The summed E-state index contributed by atoms with van der Waals surface area (Å²) >= 11 is 0. The summed E-state index contributed by atoms with van der Waals surface area (Å²) in [4.78, 5) is 16.0. The molecular formula is C18H17FN6O. The van der Waals surface area contributed by atoms with Crippen molar-refractivity contribution in [1.29, 1.82) is 0 Å². The molecule has 132 valence electrons. The fourth-order valence-electron chi connectivity index (χ4n) is 3.61. The molecule has 0 bridgehead atoms. The highest BCUT2D eigenvalue weighted by molar-refractivity contribution is 5.93. The third kappa shape index (κ3) is 2.41. The second-order valence-electron chi connectivity index (χ2n) is 7.13. The van der Waals surface area contributed by atoms with Crippen LogP contribution >= 0.6 is 0 Å². The van der Waals surface area contributed by atoms with E-state index in [4.69, 9.17) is 0 Å². The lowest BCUT2D eigenvalue weighted by atomic mass is 9.77. The molecule has 0 spiro atoms. The Kier molecular flexibility index (Phi) is 3.08. The van der Waals surface area contributed by atoms with Gasteiger partial charge in [0.1, 0.15) is 11.3 Å². The van der Waals surface area contributed by atoms with Crippen LogP contribution in [0.5, 0.6) is 0 Å². The van der Waals surface area contributed by atoms with Gasteiger partial charge in [-0.05, 0) is 31.9 Å². The van der Waals surface area contributed by atoms with E-state index in [2.05, 4.69) is 25.3 Å². The van der Waals surface area contributed by atoms with Crippen LogP contribution in [0.2, 0.25) is 0 Å². The zero-order valence-corrected chi connectivity index (χ0v) is 14.1. The van der Waals surface area contributed by atoms with E-state index in [1.54, 1.807) is 18.5 Å². The van der Waals surface area contributed by atoms with Gasteiger partial charge in [0, 0.05) is 41.1 Å². The van der Waals surface area contributed by atoms with Gasteiger partial charge in [-0.3, -0.25) is 4.40 Å². The summed E-state index contributed by atoms with van der Waals surface area (Å²) in [7, 11) is 0. The second kappa shape index (κ2) is 5.25. The van der Waals surface area contributed by atoms with Crippen LogP contribution in [0.25, 0.3) is 27.8 Å². The van der Waals surface area contributed by atoms with Crippen LogP contribution in [-0.4, -0.2) is 41.1 Å². The molecule has 5 rings (SSSR count). The Morgan fingerprint density at radius 2 is 2.15 bits per heavy atom. The van der Waals surface area contributed by atoms with Gasteiger partial charge in [-0.2, -0.15) is 9.37 Å². The Labute approximate surface area is 147 Å². The maximum atomic E-state index is 13.8. The maximum absolute atomic E-state index is 13.8. The van der Waals surface area contributed by atoms with Crippen LogP contribution in [0.15, 0.2) is 36.9 Å². The summed E-state index contributed by atoms with van der Waals surface area (Å²) in [5, 5.41) is 13.9. The van der Waals surface area contributed by atoms with E-state index in [9.17, 15) is 9.50 Å². The van der Waals surface area contributed by atoms with E-state index >= 15 is 0 Å². The maximum Gasteiger partial charge on any atom is 0.224 e.